The van der Waals surface area contributed by atoms with Crippen LogP contribution in [0.3, 0.4) is 0 Å². The van der Waals surface area contributed by atoms with E-state index in [9.17, 15) is 0 Å². The van der Waals surface area contributed by atoms with Crippen LogP contribution in [0.5, 0.6) is 0 Å². The Morgan fingerprint density at radius 2 is 2.25 bits per heavy atom. The van der Waals surface area contributed by atoms with Crippen LogP contribution in [0.15, 0.2) is 33.2 Å². The molecule has 16 heavy (non-hydrogen) atoms. The number of benzene rings is 1. The lowest BCUT2D eigenvalue weighted by Crippen LogP contribution is -2.16. The second-order valence-electron chi connectivity index (χ2n) is 3.68. The van der Waals surface area contributed by atoms with Gasteiger partial charge >= 0.3 is 0 Å². The highest BCUT2D eigenvalue weighted by Gasteiger charge is 2.13. The van der Waals surface area contributed by atoms with Gasteiger partial charge in [0.05, 0.1) is 6.04 Å². The minimum absolute atomic E-state index is 0.0659. The molecule has 2 aromatic rings. The van der Waals surface area contributed by atoms with Crippen LogP contribution in [0.1, 0.15) is 18.2 Å². The average molecular weight is 284 g/mol. The van der Waals surface area contributed by atoms with Crippen LogP contribution in [0.2, 0.25) is 0 Å². The summed E-state index contributed by atoms with van der Waals surface area (Å²) < 4.78 is 6.77. The van der Waals surface area contributed by atoms with Crippen LogP contribution in [-0.4, -0.2) is 18.8 Å². The maximum atomic E-state index is 8.96. The Balaban J connectivity index is 2.37. The summed E-state index contributed by atoms with van der Waals surface area (Å²) >= 11 is 3.43. The van der Waals surface area contributed by atoms with Gasteiger partial charge in [-0.15, -0.1) is 0 Å². The van der Waals surface area contributed by atoms with Gasteiger partial charge in [0.2, 0.25) is 0 Å². The molecule has 2 N–H and O–H groups in total. The van der Waals surface area contributed by atoms with E-state index in [0.717, 1.165) is 21.2 Å². The lowest BCUT2D eigenvalue weighted by Gasteiger charge is -2.10. The molecular formula is C12H14BrNO2. The smallest absolute Gasteiger partial charge is 0.134 e. The number of fused-ring (bicyclic) bond motifs is 1. The molecular weight excluding hydrogens is 270 g/mol. The van der Waals surface area contributed by atoms with Crippen molar-refractivity contribution in [2.75, 3.05) is 13.7 Å². The fraction of sp³-hybridized carbons (Fsp3) is 0.333. The van der Waals surface area contributed by atoms with E-state index < -0.39 is 0 Å². The summed E-state index contributed by atoms with van der Waals surface area (Å²) in [5, 5.41) is 13.2. The third kappa shape index (κ3) is 2.29. The molecule has 1 aromatic heterocycles. The summed E-state index contributed by atoms with van der Waals surface area (Å²) in [6, 6.07) is 7.99. The maximum absolute atomic E-state index is 8.96. The largest absolute Gasteiger partial charge is 0.459 e. The molecule has 0 amide bonds. The highest BCUT2D eigenvalue weighted by atomic mass is 79.9. The van der Waals surface area contributed by atoms with Crippen molar-refractivity contribution in [1.29, 1.82) is 0 Å². The zero-order chi connectivity index (χ0) is 11.5. The van der Waals surface area contributed by atoms with Gasteiger partial charge in [0.1, 0.15) is 11.3 Å². The fourth-order valence-corrected chi connectivity index (χ4v) is 2.14. The Morgan fingerprint density at radius 1 is 1.44 bits per heavy atom. The third-order valence-corrected chi connectivity index (χ3v) is 3.10. The molecule has 2 rings (SSSR count). The first-order valence-electron chi connectivity index (χ1n) is 5.21. The summed E-state index contributed by atoms with van der Waals surface area (Å²) in [5.41, 5.74) is 0.872. The molecule has 4 heteroatoms. The molecule has 0 spiro atoms. The standard InChI is InChI=1S/C12H14BrNO2/c1-14-10(4-5-15)12-7-8-6-9(13)2-3-11(8)16-12/h2-3,6-7,10,14-15H,4-5H2,1H3. The molecule has 3 nitrogen and oxygen atoms in total. The molecule has 0 aliphatic rings. The highest BCUT2D eigenvalue weighted by Crippen LogP contribution is 2.27. The predicted octanol–water partition coefficient (Wildman–Crippen LogP) is 2.84. The maximum Gasteiger partial charge on any atom is 0.134 e. The van der Waals surface area contributed by atoms with Crippen LogP contribution >= 0.6 is 15.9 Å². The topological polar surface area (TPSA) is 45.4 Å². The summed E-state index contributed by atoms with van der Waals surface area (Å²) in [6.45, 7) is 0.145. The molecule has 0 radical (unpaired) electrons. The minimum Gasteiger partial charge on any atom is -0.459 e. The van der Waals surface area contributed by atoms with E-state index in [0.29, 0.717) is 6.42 Å². The SMILES string of the molecule is CNC(CCO)c1cc2cc(Br)ccc2o1. The molecule has 1 atom stereocenters. The highest BCUT2D eigenvalue weighted by molar-refractivity contribution is 9.10. The number of hydrogen-bond acceptors (Lipinski definition) is 3. The van der Waals surface area contributed by atoms with Crippen LogP contribution < -0.4 is 5.32 Å². The lowest BCUT2D eigenvalue weighted by molar-refractivity contribution is 0.260. The van der Waals surface area contributed by atoms with E-state index >= 15 is 0 Å². The third-order valence-electron chi connectivity index (χ3n) is 2.61. The van der Waals surface area contributed by atoms with E-state index in [1.807, 2.05) is 31.3 Å². The number of nitrogens with one attached hydrogen (secondary N) is 1. The van der Waals surface area contributed by atoms with Gasteiger partial charge in [-0.1, -0.05) is 15.9 Å². The normalized spacial score (nSPS) is 13.2. The summed E-state index contributed by atoms with van der Waals surface area (Å²) in [6.07, 6.45) is 0.650. The summed E-state index contributed by atoms with van der Waals surface area (Å²) in [4.78, 5) is 0. The van der Waals surface area contributed by atoms with Crippen molar-refractivity contribution in [3.63, 3.8) is 0 Å². The molecule has 1 heterocycles. The van der Waals surface area contributed by atoms with Crippen LogP contribution in [-0.2, 0) is 0 Å². The molecule has 0 aliphatic heterocycles. The van der Waals surface area contributed by atoms with Gasteiger partial charge in [0.25, 0.3) is 0 Å². The van der Waals surface area contributed by atoms with Crippen molar-refractivity contribution in [2.24, 2.45) is 0 Å². The fourth-order valence-electron chi connectivity index (χ4n) is 1.76. The van der Waals surface area contributed by atoms with E-state index in [1.54, 1.807) is 0 Å². The molecule has 0 saturated carbocycles. The Labute approximate surface area is 103 Å². The van der Waals surface area contributed by atoms with Gasteiger partial charge in [-0.2, -0.15) is 0 Å². The number of hydrogen-bond donors (Lipinski definition) is 2. The van der Waals surface area contributed by atoms with Crippen LogP contribution in [0.25, 0.3) is 11.0 Å². The Bertz CT molecular complexity index is 481. The molecule has 0 fully saturated rings. The zero-order valence-electron chi connectivity index (χ0n) is 9.03. The molecule has 1 aromatic carbocycles. The minimum atomic E-state index is 0.0659. The molecule has 0 bridgehead atoms. The van der Waals surface area contributed by atoms with Crippen molar-refractivity contribution >= 4 is 26.9 Å². The van der Waals surface area contributed by atoms with E-state index in [-0.39, 0.29) is 12.6 Å². The zero-order valence-corrected chi connectivity index (χ0v) is 10.6. The van der Waals surface area contributed by atoms with Gasteiger partial charge < -0.3 is 14.8 Å². The predicted molar refractivity (Wildman–Crippen MR) is 67.4 cm³/mol. The first kappa shape index (κ1) is 11.6. The van der Waals surface area contributed by atoms with Gasteiger partial charge in [-0.25, -0.2) is 0 Å². The first-order chi connectivity index (χ1) is 7.74. The van der Waals surface area contributed by atoms with Gasteiger partial charge in [-0.05, 0) is 37.7 Å². The van der Waals surface area contributed by atoms with Crippen molar-refractivity contribution in [3.05, 3.63) is 34.5 Å². The Morgan fingerprint density at radius 3 is 2.94 bits per heavy atom. The van der Waals surface area contributed by atoms with Crippen molar-refractivity contribution in [1.82, 2.24) is 5.32 Å². The molecule has 0 aliphatic carbocycles. The number of rotatable bonds is 4. The number of aliphatic hydroxyl groups excluding tert-OH is 1. The monoisotopic (exact) mass is 283 g/mol. The molecule has 0 saturated heterocycles. The number of aliphatic hydroxyl groups is 1. The van der Waals surface area contributed by atoms with Crippen molar-refractivity contribution in [2.45, 2.75) is 12.5 Å². The van der Waals surface area contributed by atoms with Crippen LogP contribution in [0.4, 0.5) is 0 Å². The second-order valence-corrected chi connectivity index (χ2v) is 4.60. The molecule has 1 unspecified atom stereocenters. The van der Waals surface area contributed by atoms with Crippen molar-refractivity contribution in [3.8, 4) is 0 Å². The van der Waals surface area contributed by atoms with E-state index in [1.165, 1.54) is 0 Å². The molecule has 86 valence electrons. The second kappa shape index (κ2) is 4.99. The van der Waals surface area contributed by atoms with Gasteiger partial charge in [0.15, 0.2) is 0 Å². The van der Waals surface area contributed by atoms with E-state index in [2.05, 4.69) is 21.2 Å². The quantitative estimate of drug-likeness (QED) is 0.907. The first-order valence-corrected chi connectivity index (χ1v) is 6.01. The summed E-state index contributed by atoms with van der Waals surface area (Å²) in [5.74, 6) is 0.865. The van der Waals surface area contributed by atoms with Gasteiger partial charge in [-0.3, -0.25) is 0 Å². The lowest BCUT2D eigenvalue weighted by atomic mass is 10.1. The number of halogens is 1. The summed E-state index contributed by atoms with van der Waals surface area (Å²) in [7, 11) is 1.86. The van der Waals surface area contributed by atoms with Crippen molar-refractivity contribution < 1.29 is 9.52 Å². The average Bonchev–Trinajstić information content (AvgIpc) is 2.68. The van der Waals surface area contributed by atoms with Gasteiger partial charge in [0, 0.05) is 16.5 Å². The Kier molecular flexibility index (Phi) is 3.63. The van der Waals surface area contributed by atoms with Crippen LogP contribution in [0, 0.1) is 0 Å². The van der Waals surface area contributed by atoms with E-state index in [4.69, 9.17) is 9.52 Å². The Hall–Kier alpha value is -0.840. The number of furan rings is 1.